The molecule has 0 radical (unpaired) electrons. The number of halogens is 3. The van der Waals surface area contributed by atoms with Crippen LogP contribution in [0.15, 0.2) is 42.5 Å². The van der Waals surface area contributed by atoms with E-state index in [1.807, 2.05) is 0 Å². The van der Waals surface area contributed by atoms with Gasteiger partial charge in [0.2, 0.25) is 0 Å². The number of nitrogens with zero attached hydrogens (tertiary/aromatic N) is 1. The lowest BCUT2D eigenvalue weighted by atomic mass is 10.0. The molecule has 5 nitrogen and oxygen atoms in total. The number of ether oxygens (including phenoxy) is 1. The third-order valence-electron chi connectivity index (χ3n) is 2.65. The van der Waals surface area contributed by atoms with Gasteiger partial charge in [0, 0.05) is 11.6 Å². The molecule has 0 heterocycles. The largest absolute Gasteiger partial charge is 0.573 e. The molecule has 0 aromatic heterocycles. The molecule has 0 amide bonds. The maximum absolute atomic E-state index is 12.4. The maximum atomic E-state index is 12.4. The first-order chi connectivity index (χ1) is 9.78. The van der Waals surface area contributed by atoms with Crippen molar-refractivity contribution in [1.29, 1.82) is 0 Å². The minimum absolute atomic E-state index is 0.0713. The highest BCUT2D eigenvalue weighted by Gasteiger charge is 2.32. The van der Waals surface area contributed by atoms with Gasteiger partial charge in [-0.2, -0.15) is 0 Å². The number of alkyl halides is 3. The van der Waals surface area contributed by atoms with E-state index >= 15 is 0 Å². The molecule has 0 unspecified atom stereocenters. The van der Waals surface area contributed by atoms with E-state index < -0.39 is 17.0 Å². The second kappa shape index (κ2) is 5.31. The van der Waals surface area contributed by atoms with Crippen LogP contribution in [0.1, 0.15) is 0 Å². The molecule has 0 fully saturated rings. The lowest BCUT2D eigenvalue weighted by molar-refractivity contribution is -0.383. The van der Waals surface area contributed by atoms with Crippen LogP contribution in [0, 0.1) is 10.1 Å². The molecule has 0 atom stereocenters. The molecule has 21 heavy (non-hydrogen) atoms. The van der Waals surface area contributed by atoms with Gasteiger partial charge >= 0.3 is 6.36 Å². The average molecular weight is 298 g/mol. The maximum Gasteiger partial charge on any atom is 0.573 e. The number of nitro benzene ring substituents is 1. The van der Waals surface area contributed by atoms with Crippen LogP contribution in [0.25, 0.3) is 11.1 Å². The number of hydrogen-bond donors (Lipinski definition) is 1. The lowest BCUT2D eigenvalue weighted by Gasteiger charge is -2.13. The number of rotatable bonds is 3. The standard InChI is InChI=1S/C13H9F3N2O3/c14-13(15,16)21-12-4-2-1-3-9(12)8-5-6-10(17)11(7-8)18(19)20/h1-7H,17H2. The Morgan fingerprint density at radius 3 is 2.43 bits per heavy atom. The molecular formula is C13H9F3N2O3. The Morgan fingerprint density at radius 1 is 1.14 bits per heavy atom. The molecule has 2 rings (SSSR count). The van der Waals surface area contributed by atoms with Gasteiger partial charge in [-0.05, 0) is 17.7 Å². The summed E-state index contributed by atoms with van der Waals surface area (Å²) in [6, 6.07) is 9.13. The molecule has 2 N–H and O–H groups in total. The van der Waals surface area contributed by atoms with Gasteiger partial charge in [-0.15, -0.1) is 13.2 Å². The van der Waals surface area contributed by atoms with Crippen LogP contribution < -0.4 is 10.5 Å². The summed E-state index contributed by atoms with van der Waals surface area (Å²) in [5.41, 5.74) is 5.29. The summed E-state index contributed by atoms with van der Waals surface area (Å²) in [7, 11) is 0. The summed E-state index contributed by atoms with van der Waals surface area (Å²) in [6.07, 6.45) is -4.85. The Labute approximate surface area is 116 Å². The van der Waals surface area contributed by atoms with Crippen LogP contribution in [0.5, 0.6) is 5.75 Å². The van der Waals surface area contributed by atoms with Gasteiger partial charge in [0.1, 0.15) is 11.4 Å². The number of nitrogen functional groups attached to an aromatic ring is 1. The molecule has 110 valence electrons. The van der Waals surface area contributed by atoms with Crippen molar-refractivity contribution >= 4 is 11.4 Å². The molecule has 0 bridgehead atoms. The van der Waals surface area contributed by atoms with Gasteiger partial charge in [0.25, 0.3) is 5.69 Å². The van der Waals surface area contributed by atoms with Crippen LogP contribution in [0.4, 0.5) is 24.5 Å². The quantitative estimate of drug-likeness (QED) is 0.532. The number of nitrogens with two attached hydrogens (primary N) is 1. The third kappa shape index (κ3) is 3.41. The SMILES string of the molecule is Nc1ccc(-c2ccccc2OC(F)(F)F)cc1[N+](=O)[O-]. The van der Waals surface area contributed by atoms with Crippen molar-refractivity contribution in [3.05, 3.63) is 52.6 Å². The van der Waals surface area contributed by atoms with E-state index in [2.05, 4.69) is 4.74 Å². The topological polar surface area (TPSA) is 78.4 Å². The minimum Gasteiger partial charge on any atom is -0.405 e. The lowest BCUT2D eigenvalue weighted by Crippen LogP contribution is -2.17. The van der Waals surface area contributed by atoms with E-state index in [1.54, 1.807) is 0 Å². The van der Waals surface area contributed by atoms with Gasteiger partial charge in [0.05, 0.1) is 4.92 Å². The molecular weight excluding hydrogens is 289 g/mol. The molecule has 2 aromatic carbocycles. The predicted octanol–water partition coefficient (Wildman–Crippen LogP) is 3.74. The Kier molecular flexibility index (Phi) is 3.70. The Hall–Kier alpha value is -2.77. The van der Waals surface area contributed by atoms with Crippen molar-refractivity contribution in [3.63, 3.8) is 0 Å². The summed E-state index contributed by atoms with van der Waals surface area (Å²) in [5, 5.41) is 10.8. The first-order valence-corrected chi connectivity index (χ1v) is 5.67. The first-order valence-electron chi connectivity index (χ1n) is 5.67. The fourth-order valence-electron chi connectivity index (χ4n) is 1.79. The van der Waals surface area contributed by atoms with Gasteiger partial charge < -0.3 is 10.5 Å². The van der Waals surface area contributed by atoms with Gasteiger partial charge in [0.15, 0.2) is 0 Å². The van der Waals surface area contributed by atoms with E-state index in [1.165, 1.54) is 30.3 Å². The van der Waals surface area contributed by atoms with Crippen LogP contribution in [0.3, 0.4) is 0 Å². The minimum atomic E-state index is -4.85. The zero-order valence-corrected chi connectivity index (χ0v) is 10.4. The van der Waals surface area contributed by atoms with E-state index in [9.17, 15) is 23.3 Å². The summed E-state index contributed by atoms with van der Waals surface area (Å²) < 4.78 is 41.0. The molecule has 0 aliphatic carbocycles. The molecule has 0 saturated heterocycles. The smallest absolute Gasteiger partial charge is 0.405 e. The highest BCUT2D eigenvalue weighted by molar-refractivity contribution is 5.76. The third-order valence-corrected chi connectivity index (χ3v) is 2.65. The van der Waals surface area contributed by atoms with E-state index in [-0.39, 0.29) is 22.5 Å². The number of para-hydroxylation sites is 1. The number of hydrogen-bond acceptors (Lipinski definition) is 4. The van der Waals surface area contributed by atoms with Crippen molar-refractivity contribution in [2.24, 2.45) is 0 Å². The van der Waals surface area contributed by atoms with Crippen LogP contribution in [-0.4, -0.2) is 11.3 Å². The fraction of sp³-hybridized carbons (Fsp3) is 0.0769. The summed E-state index contributed by atoms with van der Waals surface area (Å²) in [6.45, 7) is 0. The number of anilines is 1. The van der Waals surface area contributed by atoms with E-state index in [0.29, 0.717) is 0 Å². The van der Waals surface area contributed by atoms with Crippen molar-refractivity contribution in [1.82, 2.24) is 0 Å². The van der Waals surface area contributed by atoms with Crippen LogP contribution >= 0.6 is 0 Å². The van der Waals surface area contributed by atoms with Gasteiger partial charge in [-0.1, -0.05) is 24.3 Å². The highest BCUT2D eigenvalue weighted by atomic mass is 19.4. The molecule has 8 heteroatoms. The highest BCUT2D eigenvalue weighted by Crippen LogP contribution is 2.36. The van der Waals surface area contributed by atoms with Crippen LogP contribution in [0.2, 0.25) is 0 Å². The van der Waals surface area contributed by atoms with E-state index in [0.717, 1.165) is 12.1 Å². The number of benzene rings is 2. The average Bonchev–Trinajstić information content (AvgIpc) is 2.38. The second-order valence-electron chi connectivity index (χ2n) is 4.07. The zero-order chi connectivity index (χ0) is 15.6. The van der Waals surface area contributed by atoms with Crippen molar-refractivity contribution < 1.29 is 22.8 Å². The molecule has 0 spiro atoms. The first kappa shape index (κ1) is 14.6. The summed E-state index contributed by atoms with van der Waals surface area (Å²) in [5.74, 6) is -0.441. The normalized spacial score (nSPS) is 11.2. The molecule has 0 aliphatic heterocycles. The fourth-order valence-corrected chi connectivity index (χ4v) is 1.79. The van der Waals surface area contributed by atoms with Crippen molar-refractivity contribution in [2.45, 2.75) is 6.36 Å². The second-order valence-corrected chi connectivity index (χ2v) is 4.07. The summed E-state index contributed by atoms with van der Waals surface area (Å²) in [4.78, 5) is 10.1. The van der Waals surface area contributed by atoms with Gasteiger partial charge in [-0.25, -0.2) is 0 Å². The van der Waals surface area contributed by atoms with E-state index in [4.69, 9.17) is 5.73 Å². The van der Waals surface area contributed by atoms with Gasteiger partial charge in [-0.3, -0.25) is 10.1 Å². The molecule has 2 aromatic rings. The monoisotopic (exact) mass is 298 g/mol. The molecule has 0 saturated carbocycles. The number of nitro groups is 1. The summed E-state index contributed by atoms with van der Waals surface area (Å²) >= 11 is 0. The Morgan fingerprint density at radius 2 is 1.81 bits per heavy atom. The van der Waals surface area contributed by atoms with Crippen molar-refractivity contribution in [3.8, 4) is 16.9 Å². The predicted molar refractivity (Wildman–Crippen MR) is 69.6 cm³/mol. The Balaban J connectivity index is 2.52. The Bertz CT molecular complexity index is 687. The van der Waals surface area contributed by atoms with Crippen LogP contribution in [-0.2, 0) is 0 Å². The zero-order valence-electron chi connectivity index (χ0n) is 10.4. The van der Waals surface area contributed by atoms with Crippen molar-refractivity contribution in [2.75, 3.05) is 5.73 Å². The molecule has 0 aliphatic rings.